The molecule has 0 amide bonds. The molecular weight excluding hydrogens is 2420 g/mol. The third kappa shape index (κ3) is 18.9. The van der Waals surface area contributed by atoms with Crippen LogP contribution in [0, 0.1) is 5.92 Å². The van der Waals surface area contributed by atoms with Crippen molar-refractivity contribution < 1.29 is 39.7 Å². The summed E-state index contributed by atoms with van der Waals surface area (Å²) in [5.41, 5.74) is 27.0. The van der Waals surface area contributed by atoms with E-state index in [1.54, 1.807) is 0 Å². The minimum Gasteiger partial charge on any atom is -0.390 e. The lowest BCUT2D eigenvalue weighted by atomic mass is 9.82. The molecule has 0 radical (unpaired) electrons. The topological polar surface area (TPSA) is 142 Å². The number of aliphatic hydroxyl groups is 5. The average Bonchev–Trinajstić information content (AvgIpc) is 1.55. The van der Waals surface area contributed by atoms with Crippen LogP contribution in [0.3, 0.4) is 0 Å². The maximum absolute atomic E-state index is 11.7. The molecule has 12 aromatic carbocycles. The van der Waals surface area contributed by atoms with Crippen molar-refractivity contribution in [3.8, 4) is 66.8 Å². The molecule has 0 unspecified atom stereocenters. The van der Waals surface area contributed by atoms with Crippen molar-refractivity contribution >= 4 is 191 Å². The first-order chi connectivity index (χ1) is 62.4. The van der Waals surface area contributed by atoms with Crippen LogP contribution in [0.2, 0.25) is 0 Å². The van der Waals surface area contributed by atoms with Gasteiger partial charge in [-0.1, -0.05) is 290 Å². The molecule has 12 nitrogen and oxygen atoms in total. The third-order valence-electron chi connectivity index (χ3n) is 27.8. The maximum Gasteiger partial charge on any atom is 0.122 e. The van der Waals surface area contributed by atoms with Crippen LogP contribution in [0.25, 0.3) is 66.8 Å². The Morgan fingerprint density at radius 1 is 0.331 bits per heavy atom. The van der Waals surface area contributed by atoms with Gasteiger partial charge in [0.05, 0.1) is 37.5 Å². The van der Waals surface area contributed by atoms with Gasteiger partial charge in [0.25, 0.3) is 0 Å². The Labute approximate surface area is 862 Å². The van der Waals surface area contributed by atoms with E-state index in [1.807, 2.05) is 48.5 Å². The summed E-state index contributed by atoms with van der Waals surface area (Å²) < 4.78 is 31.4. The zero-order chi connectivity index (χ0) is 91.1. The van der Waals surface area contributed by atoms with E-state index in [2.05, 4.69) is 409 Å². The van der Waals surface area contributed by atoms with Crippen LogP contribution in [0.15, 0.2) is 272 Å². The predicted octanol–water partition coefficient (Wildman–Crippen LogP) is 28.1. The smallest absolute Gasteiger partial charge is 0.122 e. The largest absolute Gasteiger partial charge is 0.390 e. The van der Waals surface area contributed by atoms with E-state index >= 15 is 0 Å². The van der Waals surface area contributed by atoms with Gasteiger partial charge in [0.2, 0.25) is 0 Å². The van der Waals surface area contributed by atoms with Gasteiger partial charge in [-0.25, -0.2) is 0 Å². The van der Waals surface area contributed by atoms with Crippen molar-refractivity contribution in [1.29, 1.82) is 0 Å². The molecule has 24 heteroatoms. The predicted molar refractivity (Wildman–Crippen MR) is 564 cm³/mol. The molecule has 4 saturated heterocycles. The number of nitrogens with zero attached hydrogens (tertiary/aromatic N) is 4. The summed E-state index contributed by atoms with van der Waals surface area (Å²) in [6, 6.07) is 77.6. The minimum atomic E-state index is -0.854. The van der Waals surface area contributed by atoms with E-state index in [0.717, 1.165) is 174 Å². The first-order valence-corrected chi connectivity index (χ1v) is 53.7. The van der Waals surface area contributed by atoms with Gasteiger partial charge in [0, 0.05) is 112 Å². The van der Waals surface area contributed by atoms with Gasteiger partial charge in [0.1, 0.15) is 34.6 Å². The number of hydrogen-bond donors (Lipinski definition) is 5. The molecule has 11 aliphatic rings. The van der Waals surface area contributed by atoms with Crippen LogP contribution in [0.5, 0.6) is 0 Å². The zero-order valence-electron chi connectivity index (χ0n) is 72.0. The summed E-state index contributed by atoms with van der Waals surface area (Å²) in [5.74, 6) is 0.627. The summed E-state index contributed by atoms with van der Waals surface area (Å²) in [4.78, 5) is 9.72. The second kappa shape index (κ2) is 40.0. The quantitative estimate of drug-likeness (QED) is 0.104. The van der Waals surface area contributed by atoms with E-state index in [-0.39, 0.29) is 18.8 Å². The highest BCUT2D eigenvalue weighted by Crippen LogP contribution is 2.60. The molecule has 4 aliphatic heterocycles. The normalized spacial score (nSPS) is 20.2. The fraction of sp³-hybridized carbons (Fsp3) is 0.321. The van der Waals surface area contributed by atoms with Gasteiger partial charge in [-0.2, -0.15) is 0 Å². The monoisotopic (exact) mass is 2500 g/mol. The van der Waals surface area contributed by atoms with Crippen molar-refractivity contribution in [2.24, 2.45) is 5.92 Å². The Morgan fingerprint density at radius 3 is 0.938 bits per heavy atom. The van der Waals surface area contributed by atoms with Crippen LogP contribution >= 0.6 is 191 Å². The molecule has 130 heavy (non-hydrogen) atoms. The van der Waals surface area contributed by atoms with Crippen molar-refractivity contribution in [2.45, 2.75) is 123 Å². The van der Waals surface area contributed by atoms with E-state index in [1.165, 1.54) is 110 Å². The molecule has 12 aromatic rings. The maximum atomic E-state index is 11.7. The molecule has 3 spiro atoms. The van der Waals surface area contributed by atoms with Crippen molar-refractivity contribution in [1.82, 2.24) is 19.6 Å². The van der Waals surface area contributed by atoms with Gasteiger partial charge in [-0.3, -0.25) is 9.80 Å². The zero-order valence-corrected chi connectivity index (χ0v) is 91.1. The van der Waals surface area contributed by atoms with Crippen molar-refractivity contribution in [3.63, 3.8) is 0 Å². The second-order valence-electron chi connectivity index (χ2n) is 36.2. The summed E-state index contributed by atoms with van der Waals surface area (Å²) in [6.07, 6.45) is 6.80. The Balaban J connectivity index is 0.000000105. The fourth-order valence-corrected chi connectivity index (χ4v) is 26.0. The molecule has 5 fully saturated rings. The molecule has 4 heterocycles. The number of hydrogen-bond acceptors (Lipinski definition) is 12. The highest BCUT2D eigenvalue weighted by atomic mass is 79.9. The number of ether oxygens (including phenoxy) is 3. The molecule has 1 saturated carbocycles. The molecule has 23 rings (SSSR count). The molecule has 5 N–H and O–H groups in total. The summed E-state index contributed by atoms with van der Waals surface area (Å²) in [6.45, 7) is 7.72. The minimum absolute atomic E-state index is 0.124. The lowest BCUT2D eigenvalue weighted by Crippen LogP contribution is -2.47. The number of likely N-dealkylation sites (N-methyl/N-ethyl adjacent to an activating group) is 3. The van der Waals surface area contributed by atoms with E-state index in [4.69, 9.17) is 14.2 Å². The lowest BCUT2D eigenvalue weighted by molar-refractivity contribution is -0.157. The standard InChI is InChI=1S/C19H18Br2O.C18H18Br2N2.C18H20Br2N2.2C17H14Br2O3.C17H14Br2O/c20-13-5-7-15-16-8-6-14(21)10-18(16)19(22,17(15)9-13)11-12-3-1-2-4-12;1-21-6-8-22(9-7-21)18-16-10-12(19)2-4-14(16)15-5-3-13(20)11-17(15)18;1-21(2)8-9-22(3)18-16-10-12(19)4-6-14(16)15-7-5-13(20)11-17(15)18;2*18-9-1-3-11-12-4-2-10(19)6-14(12)17(13(11)5-9)7-15(20)16(21)8-22-17;18-11-3-5-13-14-6-4-12(19)10-16(14)17(15(13)9-11)7-1-2-8-20-17/h5-10,12,22H,1-4,11H2;2-5,10-11,18H,6-9H2,1H3;4-7,10-11,18H,8-9H2,1-3H3;2*1-6,15-16,20-21H,7-8H2;3-6,9-10H,1-2,7-8H2/t;;;2*15-,16+;/m...10./s1. The number of halogens is 12. The fourth-order valence-electron chi connectivity index (χ4n) is 21.5. The second-order valence-corrected chi connectivity index (χ2v) is 47.2. The highest BCUT2D eigenvalue weighted by molar-refractivity contribution is 9.12. The Morgan fingerprint density at radius 2 is 0.623 bits per heavy atom. The molecule has 0 aromatic heterocycles. The van der Waals surface area contributed by atoms with Gasteiger partial charge >= 0.3 is 0 Å². The highest BCUT2D eigenvalue weighted by Gasteiger charge is 2.53. The first kappa shape index (κ1) is 96.2. The van der Waals surface area contributed by atoms with E-state index in [0.29, 0.717) is 30.8 Å². The molecule has 0 bridgehead atoms. The van der Waals surface area contributed by atoms with Crippen molar-refractivity contribution in [2.75, 3.05) is 87.3 Å². The van der Waals surface area contributed by atoms with E-state index < -0.39 is 41.2 Å². The van der Waals surface area contributed by atoms with Gasteiger partial charge in [-0.15, -0.1) is 0 Å². The van der Waals surface area contributed by atoms with E-state index in [9.17, 15) is 25.5 Å². The molecule has 7 aliphatic carbocycles. The lowest BCUT2D eigenvalue weighted by Gasteiger charge is -2.40. The summed E-state index contributed by atoms with van der Waals surface area (Å²) in [7, 11) is 8.67. The number of aliphatic hydroxyl groups excluding tert-OH is 4. The average molecular weight is 2510 g/mol. The summed E-state index contributed by atoms with van der Waals surface area (Å²) in [5, 5.41) is 51.8. The van der Waals surface area contributed by atoms with Crippen LogP contribution < -0.4 is 0 Å². The Kier molecular flexibility index (Phi) is 29.6. The van der Waals surface area contributed by atoms with Gasteiger partial charge in [0.15, 0.2) is 0 Å². The van der Waals surface area contributed by atoms with Gasteiger partial charge in [-0.05, 0) is 339 Å². The third-order valence-corrected chi connectivity index (χ3v) is 33.7. The molecular formula is C106H98Br12N4O8. The van der Waals surface area contributed by atoms with Crippen LogP contribution in [0.1, 0.15) is 143 Å². The molecule has 674 valence electrons. The molecule has 4 atom stereocenters. The van der Waals surface area contributed by atoms with Gasteiger partial charge < -0.3 is 49.5 Å². The Hall–Kier alpha value is -4.08. The summed E-state index contributed by atoms with van der Waals surface area (Å²) >= 11 is 43.0. The SMILES string of the molecule is Brc1ccc2c(c1)C1(CCCCO1)c1cc(Br)ccc1-2.CN(C)CCN(C)C1c2cc(Br)ccc2-c2ccc(Br)cc21.CN1CCN(C2c3cc(Br)ccc3-c3ccc(Br)cc32)CC1.OC1(CC2CCCC2)c2cc(Br)ccc2-c2ccc(Br)cc21.O[C@@H]1CC2(OC[C@@H]1O)c1cc(Br)ccc1-c1ccc(Br)cc12.O[C@@H]1COC2(C[C@@H]1O)c1cc(Br)ccc1-c1ccc(Br)cc12. The number of fused-ring (bicyclic) bond motifs is 24. The van der Waals surface area contributed by atoms with Crippen molar-refractivity contribution in [3.05, 3.63) is 339 Å². The number of rotatable bonds is 7. The van der Waals surface area contributed by atoms with Crippen LogP contribution in [-0.4, -0.2) is 157 Å². The Bertz CT molecular complexity index is 5870. The number of piperazine rings is 1. The first-order valence-electron chi connectivity index (χ1n) is 44.2. The van der Waals surface area contributed by atoms with Crippen LogP contribution in [-0.2, 0) is 36.6 Å². The number of benzene rings is 12. The van der Waals surface area contributed by atoms with Crippen LogP contribution in [0.4, 0.5) is 0 Å².